The Hall–Kier alpha value is -7.12. The standard InChI is InChI=1S/C53H100N16O13.C38H72N2O12/c1-9-30(6)12-10-11-13-41(72)60-33(14-20-54)48(77)69-43(32(8)71)53(82)65-36(17-23-57)45(74)64-38-19-25-59-52(81)42(31(7)70)68-49(78)37(18-24-58)62-44(73)34(15-21-55)63-50(79)39(26-28(2)3)67-51(80)40(27-29(4)5)66-46(75)35(16-22-56)61-47(38)76;1-15-27-38(10,46)31(42)24(6)40(13)19-20(2)17-36(8,45)33(52-35-29(41)26(39(11)12)16-21(3)48-35)22(4)30(23(5)34(44)50-27)51-28-18-37(9,47-14)32(43)25(7)49-28/h28-40,42-43,70-71H,9-27,54-58H2,1-8H3,(H,59,81)(H,60,72)(H,61,76)(H,62,73)(H,63,79)(H,64,74)(H,65,82)(H,66,75)(H,67,80)(H,68,78)(H,69,77);20-33,35,41-43,45-46H,15-19H2,1-14H3/t30-,31+,32+,33-,34-,35-,36-,37-,38-,39-,40+,42-,43-;20-,21-,22+,23-,24-,25+,26+,27-,28+,29-,30+,31-,32+,33-,35+,36-,37-,38-/m01/s1. The van der Waals surface area contributed by atoms with Gasteiger partial charge in [0.1, 0.15) is 90.4 Å². The molecule has 0 unspecified atom stereocenters. The van der Waals surface area contributed by atoms with Crippen LogP contribution < -0.4 is 87.2 Å². The molecule has 0 radical (unpaired) electrons. The van der Waals surface area contributed by atoms with Crippen LogP contribution in [-0.2, 0) is 86.0 Å². The van der Waals surface area contributed by atoms with Gasteiger partial charge in [0.05, 0.1) is 53.7 Å². The number of likely N-dealkylation sites (N-methyl/N-ethyl adjacent to an activating group) is 2. The average molecular weight is 1920 g/mol. The number of carbonyl (C=O) groups excluding carboxylic acids is 12. The molecule has 0 aromatic carbocycles. The lowest BCUT2D eigenvalue weighted by Crippen LogP contribution is -2.62. The second-order valence-electron chi connectivity index (χ2n) is 39.2. The number of amides is 11. The first kappa shape index (κ1) is 121. The number of nitrogens with one attached hydrogen (secondary N) is 11. The summed E-state index contributed by atoms with van der Waals surface area (Å²) >= 11 is 0. The lowest BCUT2D eigenvalue weighted by atomic mass is 9.77. The van der Waals surface area contributed by atoms with Gasteiger partial charge in [-0.15, -0.1) is 0 Å². The number of nitrogens with zero attached hydrogens (tertiary/aromatic N) is 2. The summed E-state index contributed by atoms with van der Waals surface area (Å²) in [5.41, 5.74) is 24.9. The molecule has 31 atom stereocenters. The number of rotatable bonds is 36. The molecule has 4 fully saturated rings. The number of carbonyl (C=O) groups is 12. The highest BCUT2D eigenvalue weighted by atomic mass is 16.7. The Bertz CT molecular complexity index is 3650. The van der Waals surface area contributed by atoms with E-state index < -0.39 is 247 Å². The molecule has 776 valence electrons. The first-order valence-electron chi connectivity index (χ1n) is 48.0. The van der Waals surface area contributed by atoms with Crippen LogP contribution in [0.2, 0.25) is 0 Å². The number of cyclic esters (lactones) is 1. The molecule has 134 heavy (non-hydrogen) atoms. The summed E-state index contributed by atoms with van der Waals surface area (Å²) in [6.07, 6.45) is -8.95. The Labute approximate surface area is 792 Å². The molecule has 4 aliphatic heterocycles. The third-order valence-corrected chi connectivity index (χ3v) is 25.9. The first-order valence-corrected chi connectivity index (χ1v) is 48.0. The molecule has 4 rings (SSSR count). The van der Waals surface area contributed by atoms with Crippen molar-refractivity contribution in [3.05, 3.63) is 0 Å². The molecule has 0 aliphatic carbocycles. The van der Waals surface area contributed by atoms with Crippen LogP contribution in [0.1, 0.15) is 234 Å². The van der Waals surface area contributed by atoms with Crippen LogP contribution in [0.3, 0.4) is 0 Å². The van der Waals surface area contributed by atoms with Crippen molar-refractivity contribution in [2.45, 2.75) is 397 Å². The molecule has 11 amide bonds. The zero-order valence-electron chi connectivity index (χ0n) is 83.6. The lowest BCUT2D eigenvalue weighted by Gasteiger charge is -2.48. The number of unbranched alkanes of at least 4 members (excludes halogenated alkanes) is 1. The molecule has 0 aromatic rings. The number of hydrogen-bond acceptors (Lipinski definition) is 32. The highest BCUT2D eigenvalue weighted by molar-refractivity contribution is 5.99. The fourth-order valence-corrected chi connectivity index (χ4v) is 17.5. The summed E-state index contributed by atoms with van der Waals surface area (Å²) < 4.78 is 37.5. The summed E-state index contributed by atoms with van der Waals surface area (Å²) in [7, 11) is 7.12. The summed E-state index contributed by atoms with van der Waals surface area (Å²) in [5.74, 6) is -12.1. The second-order valence-corrected chi connectivity index (χ2v) is 39.2. The zero-order valence-corrected chi connectivity index (χ0v) is 83.6. The van der Waals surface area contributed by atoms with Gasteiger partial charge in [-0.05, 0) is 217 Å². The molecular weight excluding hydrogens is 1750 g/mol. The topological polar surface area (TPSA) is 671 Å². The highest BCUT2D eigenvalue weighted by Gasteiger charge is 2.54. The molecule has 0 spiro atoms. The van der Waals surface area contributed by atoms with E-state index in [0.717, 1.165) is 19.3 Å². The van der Waals surface area contributed by atoms with Crippen molar-refractivity contribution < 1.29 is 122 Å². The van der Waals surface area contributed by atoms with Gasteiger partial charge in [0.25, 0.3) is 0 Å². The van der Waals surface area contributed by atoms with Gasteiger partial charge in [0, 0.05) is 51.0 Å². The SMILES string of the molecule is CC[C@H](C)CCCCC(=O)N[C@@H](CCN)C(=O)N[C@H](C(=O)N[C@@H](CCN)C(=O)N[C@H]1CCNC(=O)[C@H]([C@@H](C)O)NC(=O)[C@H](CCN)NC(=O)[C@H](CCN)NC(=O)[C@H](CC(C)C)NC(=O)[C@@H](CC(C)C)NC(=O)[C@H](CCN)NC1=O)[C@@H](C)O.CC[C@H]1OC(=O)[C@H](C)[C@@H](O[C@H]2C[C@@](C)(OC)[C@@H](O)[C@H](C)O2)[C@H](C)[C@@H](O[C@@H]2O[C@H](C)C[C@H](N(C)C)[C@H]2O)[C@](C)(O)C[C@@H](C)CN(C)[C@H](C)[C@@H](O)[C@]1(C)O. The van der Waals surface area contributed by atoms with Crippen LogP contribution >= 0.6 is 0 Å². The third-order valence-electron chi connectivity index (χ3n) is 25.9. The lowest BCUT2D eigenvalue weighted by molar-refractivity contribution is -0.318. The quantitative estimate of drug-likeness (QED) is 0.0213. The predicted molar refractivity (Wildman–Crippen MR) is 500 cm³/mol. The molecule has 4 heterocycles. The molecule has 4 aliphatic rings. The fourth-order valence-electron chi connectivity index (χ4n) is 17.5. The third kappa shape index (κ3) is 37.6. The number of nitrogens with two attached hydrogens (primary N) is 5. The molecular formula is C91H172N18O25. The average Bonchev–Trinajstić information content (AvgIpc) is 1.14. The predicted octanol–water partition coefficient (Wildman–Crippen LogP) is -3.54. The number of ether oxygens (including phenoxy) is 6. The number of esters is 1. The van der Waals surface area contributed by atoms with Gasteiger partial charge in [0.2, 0.25) is 65.0 Å². The number of hydrogen-bond donors (Lipinski definition) is 23. The van der Waals surface area contributed by atoms with Gasteiger partial charge < -0.3 is 161 Å². The summed E-state index contributed by atoms with van der Waals surface area (Å²) in [6, 6.07) is -15.3. The van der Waals surface area contributed by atoms with E-state index in [1.807, 2.05) is 51.7 Å². The summed E-state index contributed by atoms with van der Waals surface area (Å²) in [5, 5.41) is 108. The normalized spacial score (nSPS) is 33.6. The first-order chi connectivity index (χ1) is 62.6. The van der Waals surface area contributed by atoms with Crippen LogP contribution in [-0.4, -0.2) is 353 Å². The smallest absolute Gasteiger partial charge is 0.311 e. The highest BCUT2D eigenvalue weighted by Crippen LogP contribution is 2.41. The Kier molecular flexibility index (Phi) is 52.4. The minimum Gasteiger partial charge on any atom is -0.459 e. The van der Waals surface area contributed by atoms with Gasteiger partial charge >= 0.3 is 5.97 Å². The van der Waals surface area contributed by atoms with E-state index in [4.69, 9.17) is 57.1 Å². The summed E-state index contributed by atoms with van der Waals surface area (Å²) in [4.78, 5) is 171. The van der Waals surface area contributed by atoms with Crippen molar-refractivity contribution in [2.24, 2.45) is 64.2 Å². The van der Waals surface area contributed by atoms with Crippen LogP contribution in [0.4, 0.5) is 0 Å². The van der Waals surface area contributed by atoms with Crippen LogP contribution in [0.5, 0.6) is 0 Å². The van der Waals surface area contributed by atoms with Crippen molar-refractivity contribution in [1.82, 2.24) is 68.3 Å². The maximum atomic E-state index is 14.4. The van der Waals surface area contributed by atoms with Gasteiger partial charge in [-0.25, -0.2) is 0 Å². The van der Waals surface area contributed by atoms with Crippen molar-refractivity contribution in [1.29, 1.82) is 0 Å². The second kappa shape index (κ2) is 58.1. The Balaban J connectivity index is 0.000000760. The van der Waals surface area contributed by atoms with E-state index in [0.29, 0.717) is 25.3 Å². The monoisotopic (exact) mass is 1920 g/mol. The molecule has 28 N–H and O–H groups in total. The van der Waals surface area contributed by atoms with Crippen molar-refractivity contribution in [3.63, 3.8) is 0 Å². The van der Waals surface area contributed by atoms with Crippen molar-refractivity contribution in [2.75, 3.05) is 74.1 Å². The number of methoxy groups -OCH3 is 1. The molecule has 0 aromatic heterocycles. The number of aliphatic hydroxyl groups is 7. The van der Waals surface area contributed by atoms with Crippen LogP contribution in [0.15, 0.2) is 0 Å². The van der Waals surface area contributed by atoms with E-state index in [1.165, 1.54) is 27.9 Å². The van der Waals surface area contributed by atoms with Crippen molar-refractivity contribution in [3.8, 4) is 0 Å². The van der Waals surface area contributed by atoms with Gasteiger partial charge in [-0.2, -0.15) is 0 Å². The van der Waals surface area contributed by atoms with Crippen molar-refractivity contribution >= 4 is 70.9 Å². The number of aliphatic hydroxyl groups excluding tert-OH is 5. The maximum absolute atomic E-state index is 14.4. The van der Waals surface area contributed by atoms with Crippen LogP contribution in [0, 0.1) is 35.5 Å². The molecule has 43 nitrogen and oxygen atoms in total. The van der Waals surface area contributed by atoms with Gasteiger partial charge in [0.15, 0.2) is 12.6 Å². The van der Waals surface area contributed by atoms with Gasteiger partial charge in [-0.1, -0.05) is 81.6 Å². The maximum Gasteiger partial charge on any atom is 0.311 e. The molecule has 0 saturated carbocycles. The molecule has 43 heteroatoms. The van der Waals surface area contributed by atoms with E-state index in [9.17, 15) is 93.3 Å². The molecule has 4 saturated heterocycles. The van der Waals surface area contributed by atoms with E-state index >= 15 is 0 Å². The van der Waals surface area contributed by atoms with E-state index in [2.05, 4.69) is 72.3 Å². The van der Waals surface area contributed by atoms with Crippen LogP contribution in [0.25, 0.3) is 0 Å². The van der Waals surface area contributed by atoms with Gasteiger partial charge in [-0.3, -0.25) is 57.5 Å². The zero-order chi connectivity index (χ0) is 102. The minimum absolute atomic E-state index is 0.0131. The Morgan fingerprint density at radius 1 is 0.619 bits per heavy atom. The minimum atomic E-state index is -1.80. The van der Waals surface area contributed by atoms with E-state index in [1.54, 1.807) is 69.2 Å². The molecule has 0 bridgehead atoms. The fraction of sp³-hybridized carbons (Fsp3) is 0.868. The van der Waals surface area contributed by atoms with E-state index in [-0.39, 0.29) is 133 Å². The largest absolute Gasteiger partial charge is 0.459 e. The Morgan fingerprint density at radius 2 is 1.13 bits per heavy atom. The summed E-state index contributed by atoms with van der Waals surface area (Å²) in [6.45, 7) is 30.7. The Morgan fingerprint density at radius 3 is 1.60 bits per heavy atom.